The van der Waals surface area contributed by atoms with Crippen LogP contribution in [0.5, 0.6) is 17.2 Å². The van der Waals surface area contributed by atoms with Gasteiger partial charge in [-0.05, 0) is 58.6 Å². The van der Waals surface area contributed by atoms with Gasteiger partial charge in [0.15, 0.2) is 11.6 Å². The van der Waals surface area contributed by atoms with Crippen LogP contribution in [-0.2, 0) is 22.5 Å². The van der Waals surface area contributed by atoms with Gasteiger partial charge in [-0.3, -0.25) is 10.2 Å². The van der Waals surface area contributed by atoms with Gasteiger partial charge < -0.3 is 24.1 Å². The van der Waals surface area contributed by atoms with Gasteiger partial charge in [0, 0.05) is 64.4 Å². The van der Waals surface area contributed by atoms with E-state index in [1.807, 2.05) is 0 Å². The van der Waals surface area contributed by atoms with E-state index in [9.17, 15) is 15.9 Å². The van der Waals surface area contributed by atoms with E-state index in [1.54, 1.807) is 105 Å². The summed E-state index contributed by atoms with van der Waals surface area (Å²) in [4.78, 5) is 25.6. The molecule has 0 unspecified atom stereocenters. The van der Waals surface area contributed by atoms with E-state index in [1.165, 1.54) is 0 Å². The SMILES string of the molecule is COc1cc(CNNC(=O)[C@@]2(Cc3ccccc3N=[N+]=[N-])N=C(c3ccc(OCCCO)cc3)O[C@H]2c2ccccc2N=[N+]=[N-])cc(OC)c1. The highest BCUT2D eigenvalue weighted by Crippen LogP contribution is 2.46. The first-order chi connectivity index (χ1) is 24.4. The van der Waals surface area contributed by atoms with Crippen molar-refractivity contribution in [2.45, 2.75) is 31.0 Å². The van der Waals surface area contributed by atoms with E-state index in [0.29, 0.717) is 52.7 Å². The number of carbonyl (C=O) groups excluding carboxylic acids is 1. The van der Waals surface area contributed by atoms with Gasteiger partial charge >= 0.3 is 0 Å². The van der Waals surface area contributed by atoms with E-state index in [4.69, 9.17) is 29.0 Å². The molecule has 15 nitrogen and oxygen atoms in total. The molecule has 3 N–H and O–H groups in total. The quantitative estimate of drug-likeness (QED) is 0.0385. The lowest BCUT2D eigenvalue weighted by Gasteiger charge is -2.31. The Bertz CT molecular complexity index is 1920. The molecule has 1 aliphatic heterocycles. The van der Waals surface area contributed by atoms with Crippen LogP contribution in [0.25, 0.3) is 20.9 Å². The number of hydrogen-bond acceptors (Lipinski definition) is 10. The molecule has 0 spiro atoms. The molecule has 2 atom stereocenters. The maximum absolute atomic E-state index is 14.7. The number of ether oxygens (including phenoxy) is 4. The van der Waals surface area contributed by atoms with Crippen LogP contribution in [-0.4, -0.2) is 49.9 Å². The number of nitrogens with one attached hydrogen (secondary N) is 2. The minimum Gasteiger partial charge on any atom is -0.497 e. The molecule has 5 rings (SSSR count). The van der Waals surface area contributed by atoms with Gasteiger partial charge in [-0.2, -0.15) is 0 Å². The Kier molecular flexibility index (Phi) is 11.7. The zero-order valence-corrected chi connectivity index (χ0v) is 27.4. The second kappa shape index (κ2) is 16.7. The number of rotatable bonds is 16. The summed E-state index contributed by atoms with van der Waals surface area (Å²) in [6.45, 7) is 0.547. The molecule has 0 saturated carbocycles. The normalized spacial score (nSPS) is 16.2. The molecule has 256 valence electrons. The second-order valence-corrected chi connectivity index (χ2v) is 11.1. The van der Waals surface area contributed by atoms with Gasteiger partial charge in [0.1, 0.15) is 17.2 Å². The zero-order chi connectivity index (χ0) is 35.3. The molecule has 0 fully saturated rings. The number of aliphatic hydroxyl groups excluding tert-OH is 1. The summed E-state index contributed by atoms with van der Waals surface area (Å²) in [5.41, 5.74) is 25.6. The number of benzene rings is 4. The number of methoxy groups -OCH3 is 2. The Hall–Kier alpha value is -6.24. The molecule has 15 heteroatoms. The van der Waals surface area contributed by atoms with E-state index >= 15 is 0 Å². The van der Waals surface area contributed by atoms with Crippen molar-refractivity contribution in [3.05, 3.63) is 134 Å². The van der Waals surface area contributed by atoms with Crippen molar-refractivity contribution in [2.24, 2.45) is 15.2 Å². The Morgan fingerprint density at radius 1 is 0.920 bits per heavy atom. The van der Waals surface area contributed by atoms with Crippen molar-refractivity contribution < 1.29 is 28.8 Å². The predicted molar refractivity (Wildman–Crippen MR) is 185 cm³/mol. The van der Waals surface area contributed by atoms with Crippen molar-refractivity contribution in [1.82, 2.24) is 10.9 Å². The van der Waals surface area contributed by atoms with Crippen LogP contribution in [0.2, 0.25) is 0 Å². The average Bonchev–Trinajstić information content (AvgIpc) is 3.53. The Labute approximate surface area is 287 Å². The Morgan fingerprint density at radius 2 is 1.58 bits per heavy atom. The summed E-state index contributed by atoms with van der Waals surface area (Å²) >= 11 is 0. The molecule has 4 aromatic rings. The van der Waals surface area contributed by atoms with Crippen LogP contribution in [0.4, 0.5) is 11.4 Å². The zero-order valence-electron chi connectivity index (χ0n) is 27.4. The number of amides is 1. The lowest BCUT2D eigenvalue weighted by atomic mass is 9.81. The van der Waals surface area contributed by atoms with E-state index in [0.717, 1.165) is 5.56 Å². The van der Waals surface area contributed by atoms with Crippen molar-refractivity contribution in [3.63, 3.8) is 0 Å². The van der Waals surface area contributed by atoms with Crippen LogP contribution in [0.1, 0.15) is 34.8 Å². The molecule has 50 heavy (non-hydrogen) atoms. The monoisotopic (exact) mass is 677 g/mol. The summed E-state index contributed by atoms with van der Waals surface area (Å²) in [5, 5.41) is 16.8. The third kappa shape index (κ3) is 8.06. The first-order valence-corrected chi connectivity index (χ1v) is 15.6. The molecule has 0 aliphatic carbocycles. The maximum atomic E-state index is 14.7. The molecule has 0 saturated heterocycles. The third-order valence-corrected chi connectivity index (χ3v) is 7.91. The first kappa shape index (κ1) is 35.1. The standard InChI is InChI=1S/C35H35N9O6/c1-47-27-18-23(19-28(20-27)48-2)22-38-42-34(46)35(21-25-8-3-5-10-30(25)40-43-36)32(29-9-4-6-11-31(29)41-44-37)50-33(39-35)24-12-14-26(15-13-24)49-17-7-16-45/h3-6,8-15,18-20,32,38,45H,7,16-17,21-22H2,1-2H3,(H,42,46)/t32-,35-/m0/s1. The summed E-state index contributed by atoms with van der Waals surface area (Å²) in [6.07, 6.45) is -0.681. The number of hydrogen-bond donors (Lipinski definition) is 3. The fourth-order valence-electron chi connectivity index (χ4n) is 5.51. The highest BCUT2D eigenvalue weighted by atomic mass is 16.5. The molecule has 1 aliphatic rings. The summed E-state index contributed by atoms with van der Waals surface area (Å²) in [5.74, 6) is 1.33. The fourth-order valence-corrected chi connectivity index (χ4v) is 5.51. The van der Waals surface area contributed by atoms with E-state index in [-0.39, 0.29) is 31.2 Å². The molecule has 0 aromatic heterocycles. The second-order valence-electron chi connectivity index (χ2n) is 11.1. The molecule has 0 bridgehead atoms. The van der Waals surface area contributed by atoms with E-state index in [2.05, 4.69) is 30.9 Å². The summed E-state index contributed by atoms with van der Waals surface area (Å²) in [7, 11) is 3.10. The number of aliphatic hydroxyl groups is 1. The van der Waals surface area contributed by atoms with Gasteiger partial charge in [-0.1, -0.05) is 58.8 Å². The van der Waals surface area contributed by atoms with Crippen LogP contribution in [0, 0.1) is 0 Å². The van der Waals surface area contributed by atoms with Crippen molar-refractivity contribution in [2.75, 3.05) is 27.4 Å². The molecule has 1 heterocycles. The molecule has 0 radical (unpaired) electrons. The van der Waals surface area contributed by atoms with Crippen molar-refractivity contribution in [1.29, 1.82) is 0 Å². The van der Waals surface area contributed by atoms with Gasteiger partial charge in [0.2, 0.25) is 5.90 Å². The fraction of sp³-hybridized carbons (Fsp3) is 0.257. The highest BCUT2D eigenvalue weighted by Gasteiger charge is 2.54. The predicted octanol–water partition coefficient (Wildman–Crippen LogP) is 6.67. The summed E-state index contributed by atoms with van der Waals surface area (Å²) in [6, 6.07) is 26.0. The van der Waals surface area contributed by atoms with Crippen LogP contribution < -0.4 is 25.1 Å². The van der Waals surface area contributed by atoms with E-state index < -0.39 is 17.6 Å². The van der Waals surface area contributed by atoms with Crippen molar-refractivity contribution >= 4 is 23.2 Å². The molecule has 1 amide bonds. The van der Waals surface area contributed by atoms with Crippen LogP contribution in [0.15, 0.2) is 106 Å². The maximum Gasteiger partial charge on any atom is 0.266 e. The topological polar surface area (TPSA) is 208 Å². The largest absolute Gasteiger partial charge is 0.497 e. The minimum absolute atomic E-state index is 0.0109. The highest BCUT2D eigenvalue weighted by molar-refractivity contribution is 6.01. The Balaban J connectivity index is 1.59. The lowest BCUT2D eigenvalue weighted by Crippen LogP contribution is -2.53. The number of aliphatic imine (C=N–C) groups is 1. The van der Waals surface area contributed by atoms with Gasteiger partial charge in [0.25, 0.3) is 5.91 Å². The molecular weight excluding hydrogens is 642 g/mol. The smallest absolute Gasteiger partial charge is 0.266 e. The van der Waals surface area contributed by atoms with Gasteiger partial charge in [-0.25, -0.2) is 10.4 Å². The first-order valence-electron chi connectivity index (χ1n) is 15.6. The molecule has 4 aromatic carbocycles. The third-order valence-electron chi connectivity index (χ3n) is 7.91. The lowest BCUT2D eigenvalue weighted by molar-refractivity contribution is -0.130. The number of carbonyl (C=O) groups is 1. The minimum atomic E-state index is -1.72. The summed E-state index contributed by atoms with van der Waals surface area (Å²) < 4.78 is 23.0. The number of hydrazine groups is 1. The van der Waals surface area contributed by atoms with Gasteiger partial charge in [0.05, 0.1) is 20.8 Å². The number of azide groups is 2. The van der Waals surface area contributed by atoms with Crippen LogP contribution in [0.3, 0.4) is 0 Å². The average molecular weight is 678 g/mol. The van der Waals surface area contributed by atoms with Crippen molar-refractivity contribution in [3.8, 4) is 17.2 Å². The Morgan fingerprint density at radius 3 is 2.26 bits per heavy atom. The van der Waals surface area contributed by atoms with Crippen LogP contribution >= 0.6 is 0 Å². The van der Waals surface area contributed by atoms with Gasteiger partial charge in [-0.15, -0.1) is 0 Å². The number of nitrogens with zero attached hydrogens (tertiary/aromatic N) is 7. The molecular formula is C35H35N9O6.